The van der Waals surface area contributed by atoms with E-state index >= 15 is 0 Å². The van der Waals surface area contributed by atoms with E-state index in [1.165, 1.54) is 18.2 Å². The van der Waals surface area contributed by atoms with Crippen LogP contribution in [0.2, 0.25) is 0 Å². The largest absolute Gasteiger partial charge is 0.491 e. The molecule has 2 aromatic carbocycles. The lowest BCUT2D eigenvalue weighted by Crippen LogP contribution is -2.31. The summed E-state index contributed by atoms with van der Waals surface area (Å²) >= 11 is 0. The predicted molar refractivity (Wildman–Crippen MR) is 123 cm³/mol. The number of halogens is 3. The SMILES string of the molecule is NC[C@@H](C=O)Nc1cc(C(N)=O)nc(-c2ccc3c(c2)OC[C@H](O)[C@H]3c2ccc(C(F)(F)F)cc2)n1. The van der Waals surface area contributed by atoms with E-state index in [-0.39, 0.29) is 30.5 Å². The number of amides is 1. The number of hydrogen-bond acceptors (Lipinski definition) is 8. The average molecular weight is 501 g/mol. The molecule has 3 atom stereocenters. The van der Waals surface area contributed by atoms with Crippen molar-refractivity contribution in [3.8, 4) is 17.1 Å². The molecule has 12 heteroatoms. The van der Waals surface area contributed by atoms with Gasteiger partial charge in [0.15, 0.2) is 5.82 Å². The Hall–Kier alpha value is -4.03. The number of ether oxygens (including phenoxy) is 1. The number of aldehydes is 1. The summed E-state index contributed by atoms with van der Waals surface area (Å²) in [4.78, 5) is 31.5. The fourth-order valence-electron chi connectivity index (χ4n) is 3.93. The molecule has 0 radical (unpaired) electrons. The Morgan fingerprint density at radius 2 is 1.92 bits per heavy atom. The van der Waals surface area contributed by atoms with E-state index in [0.717, 1.165) is 12.1 Å². The Bertz CT molecular complexity index is 1280. The molecule has 9 nitrogen and oxygen atoms in total. The second-order valence-corrected chi connectivity index (χ2v) is 8.18. The summed E-state index contributed by atoms with van der Waals surface area (Å²) < 4.78 is 44.6. The van der Waals surface area contributed by atoms with Crippen LogP contribution in [0.4, 0.5) is 19.0 Å². The molecule has 3 aromatic rings. The molecule has 1 aromatic heterocycles. The van der Waals surface area contributed by atoms with E-state index in [0.29, 0.717) is 28.7 Å². The van der Waals surface area contributed by atoms with Crippen LogP contribution < -0.4 is 21.5 Å². The predicted octanol–water partition coefficient (Wildman–Crippen LogP) is 2.08. The van der Waals surface area contributed by atoms with Crippen molar-refractivity contribution >= 4 is 18.0 Å². The van der Waals surface area contributed by atoms with Gasteiger partial charge in [0.2, 0.25) is 0 Å². The monoisotopic (exact) mass is 501 g/mol. The van der Waals surface area contributed by atoms with Crippen LogP contribution in [0.25, 0.3) is 11.4 Å². The number of nitrogens with zero attached hydrogens (tertiary/aromatic N) is 2. The van der Waals surface area contributed by atoms with Gasteiger partial charge in [0.1, 0.15) is 30.2 Å². The van der Waals surface area contributed by atoms with Crippen molar-refractivity contribution in [3.05, 3.63) is 70.9 Å². The summed E-state index contributed by atoms with van der Waals surface area (Å²) in [6.07, 6.45) is -4.85. The lowest BCUT2D eigenvalue weighted by molar-refractivity contribution is -0.137. The van der Waals surface area contributed by atoms with Crippen LogP contribution in [0.3, 0.4) is 0 Å². The quantitative estimate of drug-likeness (QED) is 0.359. The third-order valence-corrected chi connectivity index (χ3v) is 5.73. The molecule has 0 bridgehead atoms. The van der Waals surface area contributed by atoms with Crippen molar-refractivity contribution in [1.82, 2.24) is 9.97 Å². The number of nitrogens with one attached hydrogen (secondary N) is 1. The standard InChI is InChI=1S/C24H22F3N5O4/c25-24(26,27)14-4-1-12(2-5-14)21-16-6-3-13(7-19(16)36-11-18(21)34)23-31-17(22(29)35)8-20(32-23)30-15(9-28)10-33/h1-8,10,15,18,21,34H,9,11,28H2,(H2,29,35)(H,30,31,32)/t15-,18-,21-/m0/s1. The molecule has 4 rings (SSSR count). The molecule has 0 fully saturated rings. The first-order chi connectivity index (χ1) is 17.1. The van der Waals surface area contributed by atoms with Gasteiger partial charge in [-0.05, 0) is 23.8 Å². The smallest absolute Gasteiger partial charge is 0.416 e. The maximum absolute atomic E-state index is 13.0. The highest BCUT2D eigenvalue weighted by Gasteiger charge is 2.34. The zero-order valence-electron chi connectivity index (χ0n) is 18.7. The summed E-state index contributed by atoms with van der Waals surface area (Å²) in [7, 11) is 0. The molecule has 0 unspecified atom stereocenters. The molecule has 1 amide bonds. The maximum Gasteiger partial charge on any atom is 0.416 e. The molecule has 36 heavy (non-hydrogen) atoms. The van der Waals surface area contributed by atoms with Gasteiger partial charge in [-0.15, -0.1) is 0 Å². The van der Waals surface area contributed by atoms with E-state index in [4.69, 9.17) is 16.2 Å². The average Bonchev–Trinajstić information content (AvgIpc) is 2.86. The number of aliphatic hydroxyl groups is 1. The number of hydrogen-bond donors (Lipinski definition) is 4. The van der Waals surface area contributed by atoms with Gasteiger partial charge in [0, 0.05) is 29.7 Å². The highest BCUT2D eigenvalue weighted by atomic mass is 19.4. The highest BCUT2D eigenvalue weighted by molar-refractivity contribution is 5.92. The molecule has 1 aliphatic heterocycles. The molecule has 0 spiro atoms. The second-order valence-electron chi connectivity index (χ2n) is 8.18. The van der Waals surface area contributed by atoms with E-state index < -0.39 is 35.7 Å². The number of alkyl halides is 3. The molecular weight excluding hydrogens is 479 g/mol. The molecule has 1 aliphatic rings. The minimum absolute atomic E-state index is 0.00487. The number of aliphatic hydroxyl groups excluding tert-OH is 1. The van der Waals surface area contributed by atoms with Crippen LogP contribution in [0.15, 0.2) is 48.5 Å². The topological polar surface area (TPSA) is 153 Å². The van der Waals surface area contributed by atoms with Crippen molar-refractivity contribution in [2.45, 2.75) is 24.2 Å². The first-order valence-electron chi connectivity index (χ1n) is 10.8. The molecule has 0 aliphatic carbocycles. The van der Waals surface area contributed by atoms with E-state index in [1.807, 2.05) is 0 Å². The third kappa shape index (κ3) is 5.14. The fourth-order valence-corrected chi connectivity index (χ4v) is 3.93. The Kier molecular flexibility index (Phi) is 6.91. The van der Waals surface area contributed by atoms with Crippen LogP contribution in [-0.2, 0) is 11.0 Å². The van der Waals surface area contributed by atoms with Gasteiger partial charge in [0.05, 0.1) is 17.7 Å². The first kappa shape index (κ1) is 25.1. The van der Waals surface area contributed by atoms with Gasteiger partial charge in [-0.1, -0.05) is 24.3 Å². The summed E-state index contributed by atoms with van der Waals surface area (Å²) in [5.41, 5.74) is 11.5. The van der Waals surface area contributed by atoms with Gasteiger partial charge in [-0.3, -0.25) is 4.79 Å². The Labute approximate surface area is 203 Å². The Balaban J connectivity index is 1.71. The number of anilines is 1. The fraction of sp³-hybridized carbons (Fsp3) is 0.250. The van der Waals surface area contributed by atoms with Crippen molar-refractivity contribution in [2.24, 2.45) is 11.5 Å². The van der Waals surface area contributed by atoms with Crippen molar-refractivity contribution in [1.29, 1.82) is 0 Å². The number of rotatable bonds is 7. The van der Waals surface area contributed by atoms with Gasteiger partial charge < -0.3 is 31.4 Å². The van der Waals surface area contributed by atoms with E-state index in [9.17, 15) is 27.9 Å². The van der Waals surface area contributed by atoms with E-state index in [2.05, 4.69) is 15.3 Å². The maximum atomic E-state index is 13.0. The Morgan fingerprint density at radius 3 is 2.53 bits per heavy atom. The molecule has 6 N–H and O–H groups in total. The van der Waals surface area contributed by atoms with Gasteiger partial charge in [-0.2, -0.15) is 13.2 Å². The van der Waals surface area contributed by atoms with Crippen molar-refractivity contribution in [3.63, 3.8) is 0 Å². The number of aromatic nitrogens is 2. The van der Waals surface area contributed by atoms with Gasteiger partial charge in [-0.25, -0.2) is 9.97 Å². The van der Waals surface area contributed by atoms with Crippen molar-refractivity contribution in [2.75, 3.05) is 18.5 Å². The molecule has 0 saturated heterocycles. The van der Waals surface area contributed by atoms with Crippen LogP contribution in [0.5, 0.6) is 5.75 Å². The minimum Gasteiger partial charge on any atom is -0.491 e. The number of carbonyl (C=O) groups is 2. The number of benzene rings is 2. The number of primary amides is 1. The first-order valence-corrected chi connectivity index (χ1v) is 10.8. The highest BCUT2D eigenvalue weighted by Crippen LogP contribution is 2.41. The number of carbonyl (C=O) groups excluding carboxylic acids is 2. The summed E-state index contributed by atoms with van der Waals surface area (Å²) in [6.45, 7) is -0.0935. The number of fused-ring (bicyclic) bond motifs is 1. The molecule has 2 heterocycles. The molecule has 188 valence electrons. The third-order valence-electron chi connectivity index (χ3n) is 5.73. The summed E-state index contributed by atoms with van der Waals surface area (Å²) in [5.74, 6) is -0.792. The minimum atomic E-state index is -4.47. The van der Waals surface area contributed by atoms with Crippen LogP contribution in [0.1, 0.15) is 33.1 Å². The van der Waals surface area contributed by atoms with Crippen LogP contribution in [-0.4, -0.2) is 52.6 Å². The second kappa shape index (κ2) is 9.91. The zero-order valence-corrected chi connectivity index (χ0v) is 18.7. The lowest BCUT2D eigenvalue weighted by Gasteiger charge is -2.31. The normalized spacial score (nSPS) is 18.0. The van der Waals surface area contributed by atoms with E-state index in [1.54, 1.807) is 18.2 Å². The van der Waals surface area contributed by atoms with Gasteiger partial charge >= 0.3 is 6.18 Å². The van der Waals surface area contributed by atoms with Gasteiger partial charge in [0.25, 0.3) is 5.91 Å². The zero-order chi connectivity index (χ0) is 26.0. The number of nitrogens with two attached hydrogens (primary N) is 2. The van der Waals surface area contributed by atoms with Crippen LogP contribution >= 0.6 is 0 Å². The summed E-state index contributed by atoms with van der Waals surface area (Å²) in [6, 6.07) is 10.0. The Morgan fingerprint density at radius 1 is 1.19 bits per heavy atom. The molecule has 0 saturated carbocycles. The molecular formula is C24H22F3N5O4. The summed E-state index contributed by atoms with van der Waals surface area (Å²) in [5, 5.41) is 13.4. The van der Waals surface area contributed by atoms with Crippen molar-refractivity contribution < 1.29 is 32.6 Å². The lowest BCUT2D eigenvalue weighted by atomic mass is 9.84. The van der Waals surface area contributed by atoms with Crippen LogP contribution in [0, 0.1) is 0 Å².